The van der Waals surface area contributed by atoms with Crippen molar-refractivity contribution >= 4 is 5.91 Å². The second-order valence-corrected chi connectivity index (χ2v) is 7.05. The Morgan fingerprint density at radius 2 is 1.92 bits per heavy atom. The SMILES string of the molecule is CN1CCN(C(C)(C)CNC(=O)c2cccnc2OCC(F)(F)F)CC1. The van der Waals surface area contributed by atoms with Gasteiger partial charge in [-0.2, -0.15) is 13.2 Å². The largest absolute Gasteiger partial charge is 0.467 e. The molecule has 0 saturated carbocycles. The van der Waals surface area contributed by atoms with Crippen molar-refractivity contribution in [2.24, 2.45) is 0 Å². The first-order chi connectivity index (χ1) is 12.1. The lowest BCUT2D eigenvalue weighted by Gasteiger charge is -2.43. The van der Waals surface area contributed by atoms with E-state index < -0.39 is 18.7 Å². The van der Waals surface area contributed by atoms with Crippen LogP contribution in [0.4, 0.5) is 13.2 Å². The van der Waals surface area contributed by atoms with Crippen molar-refractivity contribution in [1.29, 1.82) is 0 Å². The van der Waals surface area contributed by atoms with Crippen LogP contribution < -0.4 is 10.1 Å². The van der Waals surface area contributed by atoms with Crippen LogP contribution in [0.15, 0.2) is 18.3 Å². The Hall–Kier alpha value is -1.87. The van der Waals surface area contributed by atoms with Crippen LogP contribution >= 0.6 is 0 Å². The van der Waals surface area contributed by atoms with Crippen molar-refractivity contribution in [3.05, 3.63) is 23.9 Å². The Morgan fingerprint density at radius 3 is 2.54 bits per heavy atom. The molecule has 1 fully saturated rings. The van der Waals surface area contributed by atoms with Crippen LogP contribution in [0.1, 0.15) is 24.2 Å². The highest BCUT2D eigenvalue weighted by molar-refractivity contribution is 5.96. The van der Waals surface area contributed by atoms with Gasteiger partial charge in [-0.15, -0.1) is 0 Å². The number of carbonyl (C=O) groups is 1. The summed E-state index contributed by atoms with van der Waals surface area (Å²) >= 11 is 0. The minimum absolute atomic E-state index is 0.00840. The van der Waals surface area contributed by atoms with E-state index in [2.05, 4.69) is 31.9 Å². The zero-order chi connectivity index (χ0) is 19.4. The number of nitrogens with one attached hydrogen (secondary N) is 1. The van der Waals surface area contributed by atoms with Crippen molar-refractivity contribution in [3.63, 3.8) is 0 Å². The lowest BCUT2D eigenvalue weighted by Crippen LogP contribution is -2.57. The molecule has 9 heteroatoms. The molecule has 0 atom stereocenters. The summed E-state index contributed by atoms with van der Waals surface area (Å²) in [7, 11) is 2.07. The molecule has 2 rings (SSSR count). The molecule has 1 amide bonds. The van der Waals surface area contributed by atoms with E-state index >= 15 is 0 Å². The molecule has 2 heterocycles. The third-order valence-electron chi connectivity index (χ3n) is 4.43. The number of carbonyl (C=O) groups excluding carboxylic acids is 1. The fourth-order valence-corrected chi connectivity index (χ4v) is 2.74. The number of amides is 1. The predicted octanol–water partition coefficient (Wildman–Crippen LogP) is 1.78. The molecule has 0 aromatic carbocycles. The fraction of sp³-hybridized carbons (Fsp3) is 0.647. The first-order valence-corrected chi connectivity index (χ1v) is 8.45. The van der Waals surface area contributed by atoms with E-state index in [1.54, 1.807) is 0 Å². The van der Waals surface area contributed by atoms with E-state index in [1.807, 2.05) is 13.8 Å². The summed E-state index contributed by atoms with van der Waals surface area (Å²) in [4.78, 5) is 20.7. The quantitative estimate of drug-likeness (QED) is 0.823. The van der Waals surface area contributed by atoms with Gasteiger partial charge in [-0.3, -0.25) is 9.69 Å². The Bertz CT molecular complexity index is 614. The van der Waals surface area contributed by atoms with Gasteiger partial charge < -0.3 is 15.0 Å². The van der Waals surface area contributed by atoms with Crippen molar-refractivity contribution in [1.82, 2.24) is 20.1 Å². The fourth-order valence-electron chi connectivity index (χ4n) is 2.74. The second kappa shape index (κ2) is 8.22. The first kappa shape index (κ1) is 20.4. The van der Waals surface area contributed by atoms with Crippen LogP contribution in [0, 0.1) is 0 Å². The molecule has 1 aliphatic heterocycles. The van der Waals surface area contributed by atoms with Gasteiger partial charge in [0.05, 0.1) is 0 Å². The maximum Gasteiger partial charge on any atom is 0.422 e. The minimum atomic E-state index is -4.49. The van der Waals surface area contributed by atoms with E-state index in [-0.39, 0.29) is 17.0 Å². The normalized spacial score (nSPS) is 17.2. The monoisotopic (exact) mass is 374 g/mol. The summed E-state index contributed by atoms with van der Waals surface area (Å²) in [5.41, 5.74) is -0.280. The zero-order valence-electron chi connectivity index (χ0n) is 15.3. The average molecular weight is 374 g/mol. The molecule has 0 aliphatic carbocycles. The van der Waals surface area contributed by atoms with Gasteiger partial charge in [-0.05, 0) is 33.0 Å². The van der Waals surface area contributed by atoms with Gasteiger partial charge in [-0.1, -0.05) is 0 Å². The molecule has 6 nitrogen and oxygen atoms in total. The number of nitrogens with zero attached hydrogens (tertiary/aromatic N) is 3. The predicted molar refractivity (Wildman–Crippen MR) is 91.3 cm³/mol. The highest BCUT2D eigenvalue weighted by Crippen LogP contribution is 2.21. The number of hydrogen-bond donors (Lipinski definition) is 1. The molecule has 0 unspecified atom stereocenters. The molecule has 1 N–H and O–H groups in total. The topological polar surface area (TPSA) is 57.7 Å². The molecule has 0 bridgehead atoms. The maximum absolute atomic E-state index is 12.4. The molecule has 1 aromatic rings. The van der Waals surface area contributed by atoms with Crippen molar-refractivity contribution in [2.75, 3.05) is 46.4 Å². The zero-order valence-corrected chi connectivity index (χ0v) is 15.3. The third-order valence-corrected chi connectivity index (χ3v) is 4.43. The highest BCUT2D eigenvalue weighted by atomic mass is 19.4. The summed E-state index contributed by atoms with van der Waals surface area (Å²) in [6, 6.07) is 2.89. The van der Waals surface area contributed by atoms with Crippen molar-refractivity contribution in [2.45, 2.75) is 25.6 Å². The summed E-state index contributed by atoms with van der Waals surface area (Å²) in [6.45, 7) is 6.63. The van der Waals surface area contributed by atoms with Crippen LogP contribution in [0.2, 0.25) is 0 Å². The van der Waals surface area contributed by atoms with Gasteiger partial charge in [0.1, 0.15) is 5.56 Å². The van der Waals surface area contributed by atoms with Crippen LogP contribution in [-0.4, -0.2) is 78.8 Å². The van der Waals surface area contributed by atoms with Crippen molar-refractivity contribution < 1.29 is 22.7 Å². The van der Waals surface area contributed by atoms with Gasteiger partial charge in [0, 0.05) is 44.5 Å². The number of likely N-dealkylation sites (N-methyl/N-ethyl adjacent to an activating group) is 1. The molecule has 1 aliphatic rings. The molecule has 0 radical (unpaired) electrons. The number of pyridine rings is 1. The molecule has 0 spiro atoms. The standard InChI is InChI=1S/C17H25F3N4O2/c1-16(2,24-9-7-23(3)8-10-24)11-22-14(25)13-5-4-6-21-15(13)26-12-17(18,19)20/h4-6H,7-12H2,1-3H3,(H,22,25). The maximum atomic E-state index is 12.4. The van der Waals surface area contributed by atoms with E-state index in [9.17, 15) is 18.0 Å². The van der Waals surface area contributed by atoms with E-state index in [0.29, 0.717) is 6.54 Å². The van der Waals surface area contributed by atoms with E-state index in [1.165, 1.54) is 18.3 Å². The Balaban J connectivity index is 1.97. The molecule has 26 heavy (non-hydrogen) atoms. The first-order valence-electron chi connectivity index (χ1n) is 8.45. The van der Waals surface area contributed by atoms with E-state index in [4.69, 9.17) is 0 Å². The lowest BCUT2D eigenvalue weighted by atomic mass is 10.0. The second-order valence-electron chi connectivity index (χ2n) is 7.05. The Morgan fingerprint density at radius 1 is 1.27 bits per heavy atom. The summed E-state index contributed by atoms with van der Waals surface area (Å²) < 4.78 is 41.7. The van der Waals surface area contributed by atoms with E-state index in [0.717, 1.165) is 26.2 Å². The van der Waals surface area contributed by atoms with Gasteiger partial charge in [0.15, 0.2) is 6.61 Å². The minimum Gasteiger partial charge on any atom is -0.467 e. The lowest BCUT2D eigenvalue weighted by molar-refractivity contribution is -0.154. The number of rotatable bonds is 6. The number of alkyl halides is 3. The van der Waals surface area contributed by atoms with Gasteiger partial charge in [-0.25, -0.2) is 4.98 Å². The van der Waals surface area contributed by atoms with Gasteiger partial charge >= 0.3 is 6.18 Å². The van der Waals surface area contributed by atoms with Gasteiger partial charge in [0.25, 0.3) is 5.91 Å². The molecule has 146 valence electrons. The Labute approximate surface area is 151 Å². The number of hydrogen-bond acceptors (Lipinski definition) is 5. The number of aromatic nitrogens is 1. The van der Waals surface area contributed by atoms with Crippen LogP contribution in [0.25, 0.3) is 0 Å². The molecule has 1 aromatic heterocycles. The van der Waals surface area contributed by atoms with Crippen LogP contribution in [-0.2, 0) is 0 Å². The average Bonchev–Trinajstić information content (AvgIpc) is 2.58. The van der Waals surface area contributed by atoms with Crippen molar-refractivity contribution in [3.8, 4) is 5.88 Å². The third kappa shape index (κ3) is 5.84. The van der Waals surface area contributed by atoms with Gasteiger partial charge in [0.2, 0.25) is 5.88 Å². The number of piperazine rings is 1. The number of ether oxygens (including phenoxy) is 1. The molecular weight excluding hydrogens is 349 g/mol. The smallest absolute Gasteiger partial charge is 0.422 e. The summed E-state index contributed by atoms with van der Waals surface area (Å²) in [5, 5.41) is 2.79. The molecular formula is C17H25F3N4O2. The molecule has 1 saturated heterocycles. The Kier molecular flexibility index (Phi) is 6.46. The summed E-state index contributed by atoms with van der Waals surface area (Å²) in [5.74, 6) is -0.822. The number of halogens is 3. The highest BCUT2D eigenvalue weighted by Gasteiger charge is 2.31. The summed E-state index contributed by atoms with van der Waals surface area (Å²) in [6.07, 6.45) is -3.20. The van der Waals surface area contributed by atoms with Crippen LogP contribution in [0.5, 0.6) is 5.88 Å². The van der Waals surface area contributed by atoms with Crippen LogP contribution in [0.3, 0.4) is 0 Å².